The summed E-state index contributed by atoms with van der Waals surface area (Å²) >= 11 is 0. The topological polar surface area (TPSA) is 54.5 Å². The number of nitriles is 1. The summed E-state index contributed by atoms with van der Waals surface area (Å²) in [5.74, 6) is -0.227. The van der Waals surface area contributed by atoms with Gasteiger partial charge in [-0.15, -0.1) is 0 Å². The second-order valence-electron chi connectivity index (χ2n) is 5.28. The summed E-state index contributed by atoms with van der Waals surface area (Å²) < 4.78 is 14.7. The quantitative estimate of drug-likeness (QED) is 0.719. The predicted octanol–water partition coefficient (Wildman–Crippen LogP) is 3.81. The van der Waals surface area contributed by atoms with E-state index in [-0.39, 0.29) is 5.82 Å². The number of hydrogen-bond acceptors (Lipinski definition) is 3. The maximum Gasteiger partial charge on any atom is 0.138 e. The second-order valence-corrected chi connectivity index (χ2v) is 5.28. The Morgan fingerprint density at radius 2 is 1.88 bits per heavy atom. The van der Waals surface area contributed by atoms with Gasteiger partial charge in [0.1, 0.15) is 18.5 Å². The fourth-order valence-electron chi connectivity index (χ4n) is 2.42. The minimum atomic E-state index is -0.227. The van der Waals surface area contributed by atoms with E-state index in [1.165, 1.54) is 18.5 Å². The fourth-order valence-corrected chi connectivity index (χ4v) is 2.42. The zero-order valence-electron chi connectivity index (χ0n) is 12.9. The molecular formula is C19H15FN4. The van der Waals surface area contributed by atoms with Gasteiger partial charge in [-0.1, -0.05) is 30.3 Å². The molecule has 0 fully saturated rings. The number of aromatic nitrogens is 3. The van der Waals surface area contributed by atoms with Crippen molar-refractivity contribution in [3.8, 4) is 6.07 Å². The first-order valence-corrected chi connectivity index (χ1v) is 7.56. The van der Waals surface area contributed by atoms with E-state index < -0.39 is 0 Å². The minimum Gasteiger partial charge on any atom is -0.223 e. The third kappa shape index (κ3) is 3.73. The first kappa shape index (κ1) is 15.6. The van der Waals surface area contributed by atoms with Gasteiger partial charge in [0.25, 0.3) is 0 Å². The molecule has 0 radical (unpaired) electrons. The molecule has 3 aromatic rings. The summed E-state index contributed by atoms with van der Waals surface area (Å²) in [6, 6.07) is 16.0. The lowest BCUT2D eigenvalue weighted by molar-refractivity contribution is 0.627. The van der Waals surface area contributed by atoms with Crippen LogP contribution in [-0.2, 0) is 6.42 Å². The van der Waals surface area contributed by atoms with Crippen molar-refractivity contribution in [3.05, 3.63) is 89.8 Å². The van der Waals surface area contributed by atoms with Crippen LogP contribution in [0.1, 0.15) is 23.1 Å². The SMILES string of the molecule is N#Cc1ccc(/C(=C\CCc2ccc(F)cc2)n2cncn2)cc1. The van der Waals surface area contributed by atoms with Crippen molar-refractivity contribution in [2.24, 2.45) is 0 Å². The molecule has 0 atom stereocenters. The molecule has 2 aromatic carbocycles. The molecule has 0 spiro atoms. The molecule has 118 valence electrons. The van der Waals surface area contributed by atoms with E-state index in [0.29, 0.717) is 5.56 Å². The van der Waals surface area contributed by atoms with E-state index in [4.69, 9.17) is 5.26 Å². The summed E-state index contributed by atoms with van der Waals surface area (Å²) in [6.07, 6.45) is 6.77. The maximum atomic E-state index is 13.0. The predicted molar refractivity (Wildman–Crippen MR) is 89.3 cm³/mol. The van der Waals surface area contributed by atoms with Gasteiger partial charge in [0.2, 0.25) is 0 Å². The number of allylic oxidation sites excluding steroid dienone is 1. The Hall–Kier alpha value is -3.26. The highest BCUT2D eigenvalue weighted by Gasteiger charge is 2.05. The van der Waals surface area contributed by atoms with Crippen LogP contribution >= 0.6 is 0 Å². The van der Waals surface area contributed by atoms with E-state index in [2.05, 4.69) is 22.2 Å². The van der Waals surface area contributed by atoms with Crippen molar-refractivity contribution in [1.29, 1.82) is 5.26 Å². The Labute approximate surface area is 139 Å². The van der Waals surface area contributed by atoms with Gasteiger partial charge < -0.3 is 0 Å². The molecule has 0 unspecified atom stereocenters. The summed E-state index contributed by atoms with van der Waals surface area (Å²) in [4.78, 5) is 4.00. The van der Waals surface area contributed by atoms with E-state index in [0.717, 1.165) is 29.7 Å². The molecule has 0 N–H and O–H groups in total. The van der Waals surface area contributed by atoms with Crippen LogP contribution in [0.5, 0.6) is 0 Å². The number of aryl methyl sites for hydroxylation is 1. The lowest BCUT2D eigenvalue weighted by Gasteiger charge is -2.08. The first-order chi connectivity index (χ1) is 11.8. The second kappa shape index (κ2) is 7.34. The standard InChI is InChI=1S/C19H15FN4/c20-18-10-6-15(7-11-18)2-1-3-19(24-14-22-13-23-24)17-8-4-16(12-21)5-9-17/h3-11,13-14H,1-2H2/b19-3+. The van der Waals surface area contributed by atoms with Crippen LogP contribution in [-0.4, -0.2) is 14.8 Å². The molecule has 0 bridgehead atoms. The molecule has 0 amide bonds. The van der Waals surface area contributed by atoms with Crippen LogP contribution in [0.4, 0.5) is 4.39 Å². The van der Waals surface area contributed by atoms with Crippen LogP contribution in [0.2, 0.25) is 0 Å². The van der Waals surface area contributed by atoms with Gasteiger partial charge in [-0.25, -0.2) is 14.1 Å². The van der Waals surface area contributed by atoms with Crippen LogP contribution in [0.15, 0.2) is 67.3 Å². The molecule has 0 aliphatic rings. The molecule has 0 aliphatic carbocycles. The summed E-state index contributed by atoms with van der Waals surface area (Å²) in [5, 5.41) is 13.1. The number of rotatable bonds is 5. The minimum absolute atomic E-state index is 0.227. The molecule has 4 nitrogen and oxygen atoms in total. The lowest BCUT2D eigenvalue weighted by atomic mass is 10.1. The Bertz CT molecular complexity index is 857. The van der Waals surface area contributed by atoms with E-state index >= 15 is 0 Å². The van der Waals surface area contributed by atoms with Crippen LogP contribution in [0.25, 0.3) is 5.70 Å². The number of halogens is 1. The highest BCUT2D eigenvalue weighted by molar-refractivity contribution is 5.65. The summed E-state index contributed by atoms with van der Waals surface area (Å²) in [6.45, 7) is 0. The van der Waals surface area contributed by atoms with Crippen molar-refractivity contribution in [3.63, 3.8) is 0 Å². The molecule has 5 heteroatoms. The molecular weight excluding hydrogens is 303 g/mol. The highest BCUT2D eigenvalue weighted by atomic mass is 19.1. The number of benzene rings is 2. The summed E-state index contributed by atoms with van der Waals surface area (Å²) in [5.41, 5.74) is 3.55. The average molecular weight is 318 g/mol. The fraction of sp³-hybridized carbons (Fsp3) is 0.105. The number of hydrogen-bond donors (Lipinski definition) is 0. The molecule has 1 heterocycles. The Morgan fingerprint density at radius 3 is 2.50 bits per heavy atom. The van der Waals surface area contributed by atoms with Crippen LogP contribution in [0, 0.1) is 17.1 Å². The molecule has 24 heavy (non-hydrogen) atoms. The van der Waals surface area contributed by atoms with Gasteiger partial charge >= 0.3 is 0 Å². The van der Waals surface area contributed by atoms with Crippen molar-refractivity contribution in [2.45, 2.75) is 12.8 Å². The van der Waals surface area contributed by atoms with Crippen LogP contribution in [0.3, 0.4) is 0 Å². The normalized spacial score (nSPS) is 11.2. The third-order valence-corrected chi connectivity index (χ3v) is 3.66. The van der Waals surface area contributed by atoms with E-state index in [1.54, 1.807) is 35.3 Å². The van der Waals surface area contributed by atoms with Gasteiger partial charge in [-0.2, -0.15) is 10.4 Å². The molecule has 1 aromatic heterocycles. The highest BCUT2D eigenvalue weighted by Crippen LogP contribution is 2.18. The van der Waals surface area contributed by atoms with Crippen molar-refractivity contribution in [2.75, 3.05) is 0 Å². The maximum absolute atomic E-state index is 13.0. The zero-order valence-corrected chi connectivity index (χ0v) is 12.9. The Balaban J connectivity index is 1.82. The number of nitrogens with zero attached hydrogens (tertiary/aromatic N) is 4. The first-order valence-electron chi connectivity index (χ1n) is 7.56. The molecule has 0 saturated heterocycles. The Kier molecular flexibility index (Phi) is 4.78. The smallest absolute Gasteiger partial charge is 0.138 e. The molecule has 0 aliphatic heterocycles. The lowest BCUT2D eigenvalue weighted by Crippen LogP contribution is -2.00. The van der Waals surface area contributed by atoms with E-state index in [9.17, 15) is 4.39 Å². The van der Waals surface area contributed by atoms with Gasteiger partial charge in [-0.05, 0) is 48.2 Å². The average Bonchev–Trinajstić information content (AvgIpc) is 3.15. The monoisotopic (exact) mass is 318 g/mol. The van der Waals surface area contributed by atoms with Crippen molar-refractivity contribution in [1.82, 2.24) is 14.8 Å². The van der Waals surface area contributed by atoms with Gasteiger partial charge in [0, 0.05) is 0 Å². The van der Waals surface area contributed by atoms with Gasteiger partial charge in [0.05, 0.1) is 17.3 Å². The van der Waals surface area contributed by atoms with Gasteiger partial charge in [0.15, 0.2) is 0 Å². The van der Waals surface area contributed by atoms with Crippen molar-refractivity contribution < 1.29 is 4.39 Å². The molecule has 3 rings (SSSR count). The summed E-state index contributed by atoms with van der Waals surface area (Å²) in [7, 11) is 0. The van der Waals surface area contributed by atoms with Crippen LogP contribution < -0.4 is 0 Å². The molecule has 0 saturated carbocycles. The largest absolute Gasteiger partial charge is 0.223 e. The zero-order chi connectivity index (χ0) is 16.8. The third-order valence-electron chi connectivity index (χ3n) is 3.66. The van der Waals surface area contributed by atoms with Gasteiger partial charge in [-0.3, -0.25) is 0 Å². The van der Waals surface area contributed by atoms with E-state index in [1.807, 2.05) is 12.1 Å². The van der Waals surface area contributed by atoms with Crippen molar-refractivity contribution >= 4 is 5.70 Å². The Morgan fingerprint density at radius 1 is 1.12 bits per heavy atom.